The molecule has 0 unspecified atom stereocenters. The van der Waals surface area contributed by atoms with Gasteiger partial charge >= 0.3 is 6.18 Å². The molecule has 2 saturated heterocycles. The molecular weight excluding hydrogens is 484 g/mol. The molecule has 0 aliphatic carbocycles. The average molecular weight is 515 g/mol. The SMILES string of the molecule is CCN1CCCN(c2ccc(C(F)(F)F)c(CN3CCN(c4ccc(Cl)c(Cl)c4)CC3)c2)CC1. The van der Waals surface area contributed by atoms with Crippen molar-refractivity contribution < 1.29 is 13.2 Å². The fraction of sp³-hybridized carbons (Fsp3) is 0.520. The van der Waals surface area contributed by atoms with Crippen molar-refractivity contribution in [3.8, 4) is 0 Å². The first kappa shape index (κ1) is 25.4. The maximum absolute atomic E-state index is 13.8. The number of benzene rings is 2. The van der Waals surface area contributed by atoms with Crippen molar-refractivity contribution in [1.29, 1.82) is 0 Å². The van der Waals surface area contributed by atoms with Crippen molar-refractivity contribution in [3.63, 3.8) is 0 Å². The fourth-order valence-electron chi connectivity index (χ4n) is 4.82. The molecule has 0 N–H and O–H groups in total. The molecule has 4 rings (SSSR count). The Hall–Kier alpha value is -1.67. The molecule has 9 heteroatoms. The third kappa shape index (κ3) is 6.11. The van der Waals surface area contributed by atoms with Gasteiger partial charge in [0.2, 0.25) is 0 Å². The van der Waals surface area contributed by atoms with Crippen LogP contribution in [-0.4, -0.2) is 68.7 Å². The Balaban J connectivity index is 1.47. The highest BCUT2D eigenvalue weighted by molar-refractivity contribution is 6.42. The molecule has 2 aromatic rings. The van der Waals surface area contributed by atoms with E-state index in [0.29, 0.717) is 28.7 Å². The first-order chi connectivity index (χ1) is 16.2. The number of anilines is 2. The van der Waals surface area contributed by atoms with Crippen LogP contribution in [0.5, 0.6) is 0 Å². The highest BCUT2D eigenvalue weighted by Crippen LogP contribution is 2.35. The Morgan fingerprint density at radius 2 is 1.35 bits per heavy atom. The average Bonchev–Trinajstić information content (AvgIpc) is 3.06. The van der Waals surface area contributed by atoms with Crippen LogP contribution in [0.15, 0.2) is 36.4 Å². The summed E-state index contributed by atoms with van der Waals surface area (Å²) in [7, 11) is 0. The Kier molecular flexibility index (Phi) is 8.18. The zero-order valence-corrected chi connectivity index (χ0v) is 20.9. The van der Waals surface area contributed by atoms with Gasteiger partial charge in [-0.3, -0.25) is 4.90 Å². The summed E-state index contributed by atoms with van der Waals surface area (Å²) in [5, 5.41) is 1.01. The number of hydrogen-bond acceptors (Lipinski definition) is 4. The van der Waals surface area contributed by atoms with E-state index in [1.807, 2.05) is 12.1 Å². The van der Waals surface area contributed by atoms with Gasteiger partial charge < -0.3 is 14.7 Å². The molecule has 2 aromatic carbocycles. The summed E-state index contributed by atoms with van der Waals surface area (Å²) in [5.41, 5.74) is 1.68. The predicted octanol–water partition coefficient (Wildman–Crippen LogP) is 5.87. The highest BCUT2D eigenvalue weighted by atomic mass is 35.5. The van der Waals surface area contributed by atoms with Crippen LogP contribution in [-0.2, 0) is 12.7 Å². The monoisotopic (exact) mass is 514 g/mol. The number of nitrogens with zero attached hydrogens (tertiary/aromatic N) is 4. The van der Waals surface area contributed by atoms with Crippen LogP contribution in [0.3, 0.4) is 0 Å². The summed E-state index contributed by atoms with van der Waals surface area (Å²) in [6.07, 6.45) is -3.35. The van der Waals surface area contributed by atoms with E-state index in [1.165, 1.54) is 6.07 Å². The van der Waals surface area contributed by atoms with Gasteiger partial charge in [-0.1, -0.05) is 30.1 Å². The second-order valence-electron chi connectivity index (χ2n) is 8.98. The second-order valence-corrected chi connectivity index (χ2v) is 9.79. The summed E-state index contributed by atoms with van der Waals surface area (Å²) in [6, 6.07) is 10.2. The van der Waals surface area contributed by atoms with Crippen LogP contribution in [0.1, 0.15) is 24.5 Å². The number of hydrogen-bond donors (Lipinski definition) is 0. The zero-order valence-electron chi connectivity index (χ0n) is 19.4. The molecule has 2 fully saturated rings. The molecule has 2 heterocycles. The van der Waals surface area contributed by atoms with Gasteiger partial charge in [0.1, 0.15) is 0 Å². The number of piperazine rings is 1. The van der Waals surface area contributed by atoms with Crippen LogP contribution in [0.25, 0.3) is 0 Å². The highest BCUT2D eigenvalue weighted by Gasteiger charge is 2.34. The third-order valence-corrected chi connectivity index (χ3v) is 7.57. The topological polar surface area (TPSA) is 13.0 Å². The molecule has 2 aliphatic heterocycles. The van der Waals surface area contributed by atoms with E-state index < -0.39 is 11.7 Å². The Bertz CT molecular complexity index is 977. The lowest BCUT2D eigenvalue weighted by molar-refractivity contribution is -0.138. The minimum absolute atomic E-state index is 0.285. The molecule has 4 nitrogen and oxygen atoms in total. The molecule has 186 valence electrons. The normalized spacial score (nSPS) is 18.9. The van der Waals surface area contributed by atoms with Crippen LogP contribution < -0.4 is 9.80 Å². The Labute approximate surface area is 209 Å². The van der Waals surface area contributed by atoms with Gasteiger partial charge in [0.25, 0.3) is 0 Å². The van der Waals surface area contributed by atoms with E-state index in [9.17, 15) is 13.2 Å². The van der Waals surface area contributed by atoms with Crippen LogP contribution >= 0.6 is 23.2 Å². The van der Waals surface area contributed by atoms with Crippen molar-refractivity contribution >= 4 is 34.6 Å². The largest absolute Gasteiger partial charge is 0.416 e. The third-order valence-electron chi connectivity index (χ3n) is 6.83. The summed E-state index contributed by atoms with van der Waals surface area (Å²) in [6.45, 7) is 9.89. The van der Waals surface area contributed by atoms with Gasteiger partial charge in [0.05, 0.1) is 15.6 Å². The summed E-state index contributed by atoms with van der Waals surface area (Å²) in [5.74, 6) is 0. The van der Waals surface area contributed by atoms with Crippen molar-refractivity contribution in [2.45, 2.75) is 26.1 Å². The molecule has 0 bridgehead atoms. The van der Waals surface area contributed by atoms with Crippen LogP contribution in [0.2, 0.25) is 10.0 Å². The van der Waals surface area contributed by atoms with E-state index in [0.717, 1.165) is 63.6 Å². The van der Waals surface area contributed by atoms with E-state index in [1.54, 1.807) is 18.2 Å². The van der Waals surface area contributed by atoms with E-state index >= 15 is 0 Å². The number of halogens is 5. The van der Waals surface area contributed by atoms with Gasteiger partial charge in [-0.2, -0.15) is 13.2 Å². The van der Waals surface area contributed by atoms with Crippen molar-refractivity contribution in [2.75, 3.05) is 68.7 Å². The van der Waals surface area contributed by atoms with Gasteiger partial charge in [-0.05, 0) is 61.5 Å². The molecule has 0 radical (unpaired) electrons. The summed E-state index contributed by atoms with van der Waals surface area (Å²) < 4.78 is 41.5. The molecule has 2 aliphatic rings. The van der Waals surface area contributed by atoms with Gasteiger partial charge in [0, 0.05) is 63.7 Å². The zero-order chi connectivity index (χ0) is 24.3. The molecule has 0 spiro atoms. The smallest absolute Gasteiger partial charge is 0.370 e. The maximum Gasteiger partial charge on any atom is 0.416 e. The lowest BCUT2D eigenvalue weighted by atomic mass is 10.0. The molecular formula is C25H31Cl2F3N4. The van der Waals surface area contributed by atoms with E-state index in [4.69, 9.17) is 23.2 Å². The molecule has 34 heavy (non-hydrogen) atoms. The number of rotatable bonds is 5. The van der Waals surface area contributed by atoms with Crippen LogP contribution in [0, 0.1) is 0 Å². The number of alkyl halides is 3. The van der Waals surface area contributed by atoms with Gasteiger partial charge in [0.15, 0.2) is 0 Å². The first-order valence-electron chi connectivity index (χ1n) is 11.8. The van der Waals surface area contributed by atoms with E-state index in [-0.39, 0.29) is 6.54 Å². The lowest BCUT2D eigenvalue weighted by Gasteiger charge is -2.36. The summed E-state index contributed by atoms with van der Waals surface area (Å²) in [4.78, 5) is 8.90. The molecule has 0 amide bonds. The van der Waals surface area contributed by atoms with Gasteiger partial charge in [-0.15, -0.1) is 0 Å². The summed E-state index contributed by atoms with van der Waals surface area (Å²) >= 11 is 12.2. The standard InChI is InChI=1S/C25H31Cl2F3N4/c1-2-31-8-3-9-33(13-10-31)20-4-6-22(25(28,29)30)19(16-20)18-32-11-14-34(15-12-32)21-5-7-23(26)24(27)17-21/h4-7,16-17H,2-3,8-15,18H2,1H3. The molecule has 0 saturated carbocycles. The minimum atomic E-state index is -4.37. The van der Waals surface area contributed by atoms with Crippen molar-refractivity contribution in [1.82, 2.24) is 9.80 Å². The van der Waals surface area contributed by atoms with Crippen molar-refractivity contribution in [2.24, 2.45) is 0 Å². The quantitative estimate of drug-likeness (QED) is 0.494. The lowest BCUT2D eigenvalue weighted by Crippen LogP contribution is -2.46. The second kappa shape index (κ2) is 10.9. The number of likely N-dealkylation sites (N-methyl/N-ethyl adjacent to an activating group) is 1. The Morgan fingerprint density at radius 3 is 2.00 bits per heavy atom. The molecule has 0 atom stereocenters. The van der Waals surface area contributed by atoms with Gasteiger partial charge in [-0.25, -0.2) is 0 Å². The first-order valence-corrected chi connectivity index (χ1v) is 12.6. The molecule has 0 aromatic heterocycles. The van der Waals surface area contributed by atoms with E-state index in [2.05, 4.69) is 26.5 Å². The maximum atomic E-state index is 13.8. The minimum Gasteiger partial charge on any atom is -0.370 e. The van der Waals surface area contributed by atoms with Crippen molar-refractivity contribution in [3.05, 3.63) is 57.6 Å². The Morgan fingerprint density at radius 1 is 0.735 bits per heavy atom. The predicted molar refractivity (Wildman–Crippen MR) is 134 cm³/mol. The fourth-order valence-corrected chi connectivity index (χ4v) is 5.11. The van der Waals surface area contributed by atoms with Crippen LogP contribution in [0.4, 0.5) is 24.5 Å².